The maximum atomic E-state index is 13.4. The van der Waals surface area contributed by atoms with Crippen LogP contribution in [0.4, 0.5) is 15.8 Å². The summed E-state index contributed by atoms with van der Waals surface area (Å²) in [4.78, 5) is 22.7. The van der Waals surface area contributed by atoms with Crippen LogP contribution in [-0.4, -0.2) is 16.9 Å². The summed E-state index contributed by atoms with van der Waals surface area (Å²) in [6.45, 7) is 1.84. The highest BCUT2D eigenvalue weighted by molar-refractivity contribution is 5.94. The Balaban J connectivity index is 1.58. The fourth-order valence-corrected chi connectivity index (χ4v) is 2.60. The number of halogens is 1. The van der Waals surface area contributed by atoms with E-state index in [0.717, 1.165) is 23.8 Å². The number of nitro groups is 1. The Morgan fingerprint density at radius 2 is 1.80 bits per heavy atom. The fraction of sp³-hybridized carbons (Fsp3) is 0.136. The van der Waals surface area contributed by atoms with E-state index < -0.39 is 28.4 Å². The van der Waals surface area contributed by atoms with Gasteiger partial charge in [-0.05, 0) is 42.8 Å². The Kier molecular flexibility index (Phi) is 6.59. The highest BCUT2D eigenvalue weighted by Crippen LogP contribution is 2.28. The summed E-state index contributed by atoms with van der Waals surface area (Å²) in [6, 6.07) is 19.3. The number of anilines is 1. The van der Waals surface area contributed by atoms with E-state index in [2.05, 4.69) is 5.32 Å². The largest absolute Gasteiger partial charge is 0.489 e. The quantitative estimate of drug-likeness (QED) is 0.429. The van der Waals surface area contributed by atoms with Gasteiger partial charge in [0, 0.05) is 17.8 Å². The predicted molar refractivity (Wildman–Crippen MR) is 109 cm³/mol. The van der Waals surface area contributed by atoms with Crippen molar-refractivity contribution in [3.63, 3.8) is 0 Å². The smallest absolute Gasteiger partial charge is 0.311 e. The van der Waals surface area contributed by atoms with Gasteiger partial charge in [-0.15, -0.1) is 0 Å². The number of nitrogens with zero attached hydrogens (tertiary/aromatic N) is 1. The van der Waals surface area contributed by atoms with Crippen LogP contribution in [-0.2, 0) is 11.4 Å². The zero-order valence-electron chi connectivity index (χ0n) is 16.1. The average Bonchev–Trinajstić information content (AvgIpc) is 2.73. The van der Waals surface area contributed by atoms with Gasteiger partial charge in [0.05, 0.1) is 4.92 Å². The maximum absolute atomic E-state index is 13.4. The van der Waals surface area contributed by atoms with Gasteiger partial charge >= 0.3 is 5.69 Å². The van der Waals surface area contributed by atoms with Crippen LogP contribution in [0, 0.1) is 15.9 Å². The molecule has 0 aliphatic carbocycles. The average molecular weight is 410 g/mol. The van der Waals surface area contributed by atoms with Crippen LogP contribution < -0.4 is 14.8 Å². The molecule has 0 unspecified atom stereocenters. The molecule has 8 heteroatoms. The number of hydrogen-bond donors (Lipinski definition) is 1. The summed E-state index contributed by atoms with van der Waals surface area (Å²) < 4.78 is 24.4. The van der Waals surface area contributed by atoms with E-state index in [4.69, 9.17) is 9.47 Å². The number of amides is 1. The monoisotopic (exact) mass is 410 g/mol. The van der Waals surface area contributed by atoms with Crippen molar-refractivity contribution in [2.24, 2.45) is 0 Å². The van der Waals surface area contributed by atoms with E-state index in [-0.39, 0.29) is 5.75 Å². The van der Waals surface area contributed by atoms with Gasteiger partial charge in [-0.2, -0.15) is 0 Å². The third-order valence-corrected chi connectivity index (χ3v) is 4.16. The van der Waals surface area contributed by atoms with Gasteiger partial charge in [0.1, 0.15) is 18.2 Å². The minimum absolute atomic E-state index is 0.313. The Morgan fingerprint density at radius 3 is 2.47 bits per heavy atom. The van der Waals surface area contributed by atoms with Crippen molar-refractivity contribution < 1.29 is 23.6 Å². The second-order valence-electron chi connectivity index (χ2n) is 6.42. The second-order valence-corrected chi connectivity index (χ2v) is 6.42. The summed E-state index contributed by atoms with van der Waals surface area (Å²) in [6.07, 6.45) is -1.08. The van der Waals surface area contributed by atoms with Crippen molar-refractivity contribution in [2.45, 2.75) is 19.6 Å². The molecule has 30 heavy (non-hydrogen) atoms. The molecule has 0 saturated carbocycles. The molecule has 0 saturated heterocycles. The van der Waals surface area contributed by atoms with Crippen LogP contribution in [0.25, 0.3) is 0 Å². The van der Waals surface area contributed by atoms with E-state index in [1.807, 2.05) is 30.3 Å². The lowest BCUT2D eigenvalue weighted by Gasteiger charge is -2.15. The standard InChI is InChI=1S/C22H19FN2O5/c1-15(30-21-13-17(23)7-12-20(21)25(27)28)22(26)24-18-8-10-19(11-9-18)29-14-16-5-3-2-4-6-16/h2-13,15H,14H2,1H3,(H,24,26)/t15-/m0/s1. The molecule has 1 amide bonds. The first-order valence-corrected chi connectivity index (χ1v) is 9.10. The molecule has 3 rings (SSSR count). The van der Waals surface area contributed by atoms with Crippen molar-refractivity contribution >= 4 is 17.3 Å². The van der Waals surface area contributed by atoms with E-state index in [0.29, 0.717) is 18.0 Å². The maximum Gasteiger partial charge on any atom is 0.311 e. The number of nitrogens with one attached hydrogen (secondary N) is 1. The van der Waals surface area contributed by atoms with Gasteiger partial charge in [0.25, 0.3) is 5.91 Å². The zero-order chi connectivity index (χ0) is 21.5. The van der Waals surface area contributed by atoms with Gasteiger partial charge in [-0.1, -0.05) is 30.3 Å². The SMILES string of the molecule is C[C@H](Oc1cc(F)ccc1[N+](=O)[O-])C(=O)Nc1ccc(OCc2ccccc2)cc1. The van der Waals surface area contributed by atoms with Crippen molar-refractivity contribution in [1.29, 1.82) is 0 Å². The van der Waals surface area contributed by atoms with E-state index in [1.54, 1.807) is 24.3 Å². The van der Waals surface area contributed by atoms with E-state index in [1.165, 1.54) is 6.92 Å². The minimum atomic E-state index is -1.08. The number of carbonyl (C=O) groups is 1. The molecule has 0 aliphatic heterocycles. The van der Waals surface area contributed by atoms with Crippen molar-refractivity contribution in [1.82, 2.24) is 0 Å². The topological polar surface area (TPSA) is 90.7 Å². The first-order valence-electron chi connectivity index (χ1n) is 9.10. The van der Waals surface area contributed by atoms with Crippen molar-refractivity contribution in [3.05, 3.63) is 94.3 Å². The lowest BCUT2D eigenvalue weighted by Crippen LogP contribution is -2.30. The number of nitro benzene ring substituents is 1. The molecule has 154 valence electrons. The number of carbonyl (C=O) groups excluding carboxylic acids is 1. The zero-order valence-corrected chi connectivity index (χ0v) is 16.1. The van der Waals surface area contributed by atoms with Gasteiger partial charge in [-0.25, -0.2) is 4.39 Å². The number of hydrogen-bond acceptors (Lipinski definition) is 5. The number of rotatable bonds is 8. The molecule has 0 heterocycles. The summed E-state index contributed by atoms with van der Waals surface area (Å²) in [5, 5.41) is 13.7. The molecule has 1 N–H and O–H groups in total. The fourth-order valence-electron chi connectivity index (χ4n) is 2.60. The lowest BCUT2D eigenvalue weighted by molar-refractivity contribution is -0.386. The van der Waals surface area contributed by atoms with Crippen LogP contribution >= 0.6 is 0 Å². The molecule has 0 fully saturated rings. The third kappa shape index (κ3) is 5.54. The highest BCUT2D eigenvalue weighted by Gasteiger charge is 2.22. The van der Waals surface area contributed by atoms with Crippen LogP contribution in [0.2, 0.25) is 0 Å². The van der Waals surface area contributed by atoms with Crippen molar-refractivity contribution in [3.8, 4) is 11.5 Å². The molecule has 1 atom stereocenters. The van der Waals surface area contributed by atoms with Gasteiger partial charge in [0.15, 0.2) is 6.10 Å². The lowest BCUT2D eigenvalue weighted by atomic mass is 10.2. The Hall–Kier alpha value is -3.94. The molecule has 3 aromatic carbocycles. The highest BCUT2D eigenvalue weighted by atomic mass is 19.1. The molecular weight excluding hydrogens is 391 g/mol. The van der Waals surface area contributed by atoms with Crippen molar-refractivity contribution in [2.75, 3.05) is 5.32 Å². The minimum Gasteiger partial charge on any atom is -0.489 e. The Bertz CT molecular complexity index is 1030. The molecule has 0 aromatic heterocycles. The Morgan fingerprint density at radius 1 is 1.10 bits per heavy atom. The van der Waals surface area contributed by atoms with Gasteiger partial charge in [-0.3, -0.25) is 14.9 Å². The third-order valence-electron chi connectivity index (χ3n) is 4.16. The molecule has 7 nitrogen and oxygen atoms in total. The van der Waals surface area contributed by atoms with Crippen LogP contribution in [0.15, 0.2) is 72.8 Å². The Labute approximate surface area is 172 Å². The van der Waals surface area contributed by atoms with Gasteiger partial charge in [0.2, 0.25) is 5.75 Å². The summed E-state index contributed by atoms with van der Waals surface area (Å²) in [7, 11) is 0. The second kappa shape index (κ2) is 9.51. The molecular formula is C22H19FN2O5. The molecule has 3 aromatic rings. The number of benzene rings is 3. The summed E-state index contributed by atoms with van der Waals surface area (Å²) in [5.74, 6) is -0.912. The number of ether oxygens (including phenoxy) is 2. The molecule has 0 bridgehead atoms. The van der Waals surface area contributed by atoms with Crippen LogP contribution in [0.3, 0.4) is 0 Å². The van der Waals surface area contributed by atoms with Crippen LogP contribution in [0.5, 0.6) is 11.5 Å². The van der Waals surface area contributed by atoms with Crippen LogP contribution in [0.1, 0.15) is 12.5 Å². The molecule has 0 aliphatic rings. The van der Waals surface area contributed by atoms with E-state index in [9.17, 15) is 19.3 Å². The first kappa shape index (κ1) is 20.8. The molecule has 0 spiro atoms. The van der Waals surface area contributed by atoms with E-state index >= 15 is 0 Å². The normalized spacial score (nSPS) is 11.4. The molecule has 0 radical (unpaired) electrons. The first-order chi connectivity index (χ1) is 14.4. The van der Waals surface area contributed by atoms with Gasteiger partial charge < -0.3 is 14.8 Å². The summed E-state index contributed by atoms with van der Waals surface area (Å²) in [5.41, 5.74) is 1.11. The predicted octanol–water partition coefficient (Wildman–Crippen LogP) is 4.72. The summed E-state index contributed by atoms with van der Waals surface area (Å²) >= 11 is 0.